The molecule has 1 amide bonds. The van der Waals surface area contributed by atoms with E-state index in [-0.39, 0.29) is 11.9 Å². The molecular weight excluding hydrogens is 226 g/mol. The number of nitrogens with zero attached hydrogens (tertiary/aromatic N) is 3. The topological polar surface area (TPSA) is 93.8 Å². The number of nitrogens with one attached hydrogen (secondary N) is 1. The molecule has 3 N–H and O–H groups in total. The van der Waals surface area contributed by atoms with Gasteiger partial charge in [-0.05, 0) is 6.92 Å². The van der Waals surface area contributed by atoms with Gasteiger partial charge in [0.25, 0.3) is 5.91 Å². The van der Waals surface area contributed by atoms with Crippen LogP contribution in [0, 0.1) is 6.92 Å². The third-order valence-corrected chi connectivity index (χ3v) is 2.58. The summed E-state index contributed by atoms with van der Waals surface area (Å²) in [6.07, 6.45) is 3.02. The second kappa shape index (κ2) is 4.23. The number of thiazole rings is 1. The molecule has 0 unspecified atom stereocenters. The summed E-state index contributed by atoms with van der Waals surface area (Å²) in [6, 6.07) is 0. The average molecular weight is 235 g/mol. The first-order chi connectivity index (χ1) is 7.66. The average Bonchev–Trinajstić information content (AvgIpc) is 2.70. The molecule has 0 bridgehead atoms. The summed E-state index contributed by atoms with van der Waals surface area (Å²) in [5.74, 6) is -0.129. The zero-order valence-corrected chi connectivity index (χ0v) is 9.28. The molecule has 2 aromatic rings. The number of hydrogen-bond acceptors (Lipinski definition) is 6. The normalized spacial score (nSPS) is 10.1. The molecule has 2 rings (SSSR count). The van der Waals surface area contributed by atoms with Crippen molar-refractivity contribution in [3.63, 3.8) is 0 Å². The van der Waals surface area contributed by atoms with Crippen LogP contribution in [-0.4, -0.2) is 20.9 Å². The Hall–Kier alpha value is -2.02. The molecule has 0 spiro atoms. The lowest BCUT2D eigenvalue weighted by atomic mass is 10.2. The Balaban J connectivity index is 2.21. The number of nitrogen functional groups attached to an aromatic ring is 1. The molecule has 2 aromatic heterocycles. The van der Waals surface area contributed by atoms with E-state index in [4.69, 9.17) is 5.73 Å². The van der Waals surface area contributed by atoms with E-state index in [1.54, 1.807) is 18.5 Å². The summed E-state index contributed by atoms with van der Waals surface area (Å²) < 4.78 is 0. The number of nitrogens with two attached hydrogens (primary N) is 1. The van der Waals surface area contributed by atoms with Crippen LogP contribution in [0.5, 0.6) is 0 Å². The van der Waals surface area contributed by atoms with Gasteiger partial charge in [-0.2, -0.15) is 0 Å². The molecule has 0 saturated heterocycles. The van der Waals surface area contributed by atoms with Gasteiger partial charge in [-0.3, -0.25) is 10.1 Å². The highest BCUT2D eigenvalue weighted by molar-refractivity contribution is 7.13. The number of hydrogen-bond donors (Lipinski definition) is 2. The second-order valence-electron chi connectivity index (χ2n) is 3.02. The van der Waals surface area contributed by atoms with Gasteiger partial charge in [0.2, 0.25) is 5.95 Å². The van der Waals surface area contributed by atoms with E-state index in [0.29, 0.717) is 16.4 Å². The molecule has 0 aliphatic heterocycles. The largest absolute Gasteiger partial charge is 0.368 e. The Morgan fingerprint density at radius 1 is 1.50 bits per heavy atom. The van der Waals surface area contributed by atoms with Gasteiger partial charge >= 0.3 is 0 Å². The van der Waals surface area contributed by atoms with E-state index in [9.17, 15) is 4.79 Å². The van der Waals surface area contributed by atoms with Crippen LogP contribution in [0.4, 0.5) is 11.1 Å². The number of aryl methyl sites for hydroxylation is 1. The third-order valence-electron chi connectivity index (χ3n) is 1.90. The minimum absolute atomic E-state index is 0.156. The minimum atomic E-state index is -0.285. The van der Waals surface area contributed by atoms with Gasteiger partial charge in [0.1, 0.15) is 0 Å². The predicted molar refractivity (Wildman–Crippen MR) is 61.2 cm³/mol. The molecule has 0 saturated carbocycles. The van der Waals surface area contributed by atoms with E-state index in [1.165, 1.54) is 17.5 Å². The maximum atomic E-state index is 11.8. The van der Waals surface area contributed by atoms with E-state index in [2.05, 4.69) is 20.3 Å². The number of anilines is 2. The highest BCUT2D eigenvalue weighted by atomic mass is 32.1. The molecule has 7 heteroatoms. The van der Waals surface area contributed by atoms with Crippen molar-refractivity contribution in [3.8, 4) is 0 Å². The lowest BCUT2D eigenvalue weighted by Gasteiger charge is -2.04. The van der Waals surface area contributed by atoms with Crippen molar-refractivity contribution < 1.29 is 4.79 Å². The highest BCUT2D eigenvalue weighted by Gasteiger charge is 2.12. The summed E-state index contributed by atoms with van der Waals surface area (Å²) in [5, 5.41) is 4.97. The number of aromatic nitrogens is 3. The summed E-state index contributed by atoms with van der Waals surface area (Å²) in [7, 11) is 0. The van der Waals surface area contributed by atoms with Crippen LogP contribution in [0.15, 0.2) is 17.8 Å². The standard InChI is InChI=1S/C9H9N5OS/c1-5-6(4-12-8(10)13-5)7(15)14-9-11-2-3-16-9/h2-4H,1H3,(H2,10,12,13)(H,11,14,15). The summed E-state index contributed by atoms with van der Waals surface area (Å²) in [4.78, 5) is 23.4. The molecule has 0 atom stereocenters. The molecule has 0 aliphatic carbocycles. The van der Waals surface area contributed by atoms with Crippen LogP contribution in [0.2, 0.25) is 0 Å². The van der Waals surface area contributed by atoms with Crippen LogP contribution >= 0.6 is 11.3 Å². The van der Waals surface area contributed by atoms with Crippen LogP contribution in [0.3, 0.4) is 0 Å². The van der Waals surface area contributed by atoms with Gasteiger partial charge in [0.05, 0.1) is 11.3 Å². The van der Waals surface area contributed by atoms with Crippen LogP contribution < -0.4 is 11.1 Å². The molecule has 6 nitrogen and oxygen atoms in total. The molecule has 0 aliphatic rings. The maximum Gasteiger partial charge on any atom is 0.260 e. The predicted octanol–water partition coefficient (Wildman–Crippen LogP) is 1.08. The van der Waals surface area contributed by atoms with Crippen molar-refractivity contribution >= 4 is 28.3 Å². The number of rotatable bonds is 2. The molecule has 16 heavy (non-hydrogen) atoms. The van der Waals surface area contributed by atoms with Crippen molar-refractivity contribution in [2.24, 2.45) is 0 Å². The smallest absolute Gasteiger partial charge is 0.260 e. The number of carbonyl (C=O) groups excluding carboxylic acids is 1. The fourth-order valence-electron chi connectivity index (χ4n) is 1.16. The molecule has 0 fully saturated rings. The third kappa shape index (κ3) is 2.14. The Morgan fingerprint density at radius 2 is 2.31 bits per heavy atom. The Morgan fingerprint density at radius 3 is 2.94 bits per heavy atom. The van der Waals surface area contributed by atoms with Crippen molar-refractivity contribution in [1.29, 1.82) is 0 Å². The van der Waals surface area contributed by atoms with Crippen LogP contribution in [-0.2, 0) is 0 Å². The number of amides is 1. The minimum Gasteiger partial charge on any atom is -0.368 e. The molecular formula is C9H9N5OS. The Bertz CT molecular complexity index is 511. The Kier molecular flexibility index (Phi) is 2.78. The lowest BCUT2D eigenvalue weighted by Crippen LogP contribution is -2.15. The Labute approximate surface area is 95.6 Å². The van der Waals surface area contributed by atoms with Gasteiger partial charge in [0, 0.05) is 17.8 Å². The quantitative estimate of drug-likeness (QED) is 0.812. The number of carbonyl (C=O) groups is 1. The van der Waals surface area contributed by atoms with Crippen molar-refractivity contribution in [2.75, 3.05) is 11.1 Å². The first-order valence-electron chi connectivity index (χ1n) is 4.47. The van der Waals surface area contributed by atoms with Gasteiger partial charge in [-0.1, -0.05) is 0 Å². The summed E-state index contributed by atoms with van der Waals surface area (Å²) in [5.41, 5.74) is 6.34. The fourth-order valence-corrected chi connectivity index (χ4v) is 1.68. The molecule has 0 aromatic carbocycles. The molecule has 0 radical (unpaired) electrons. The molecule has 2 heterocycles. The summed E-state index contributed by atoms with van der Waals surface area (Å²) in [6.45, 7) is 1.70. The fraction of sp³-hybridized carbons (Fsp3) is 0.111. The van der Waals surface area contributed by atoms with Gasteiger partial charge in [-0.25, -0.2) is 15.0 Å². The van der Waals surface area contributed by atoms with Crippen molar-refractivity contribution in [3.05, 3.63) is 29.0 Å². The van der Waals surface area contributed by atoms with E-state index in [0.717, 1.165) is 0 Å². The second-order valence-corrected chi connectivity index (χ2v) is 3.91. The van der Waals surface area contributed by atoms with E-state index >= 15 is 0 Å². The lowest BCUT2D eigenvalue weighted by molar-refractivity contribution is 0.102. The maximum absolute atomic E-state index is 11.8. The van der Waals surface area contributed by atoms with Gasteiger partial charge < -0.3 is 5.73 Å². The molecule has 82 valence electrons. The monoisotopic (exact) mass is 235 g/mol. The van der Waals surface area contributed by atoms with Crippen LogP contribution in [0.1, 0.15) is 16.1 Å². The van der Waals surface area contributed by atoms with Crippen molar-refractivity contribution in [2.45, 2.75) is 6.92 Å². The van der Waals surface area contributed by atoms with Crippen molar-refractivity contribution in [1.82, 2.24) is 15.0 Å². The summed E-state index contributed by atoms with van der Waals surface area (Å²) >= 11 is 1.35. The highest BCUT2D eigenvalue weighted by Crippen LogP contribution is 2.13. The first kappa shape index (κ1) is 10.5. The van der Waals surface area contributed by atoms with E-state index < -0.39 is 0 Å². The van der Waals surface area contributed by atoms with Gasteiger partial charge in [-0.15, -0.1) is 11.3 Å². The SMILES string of the molecule is Cc1nc(N)ncc1C(=O)Nc1nccs1. The van der Waals surface area contributed by atoms with Crippen LogP contribution in [0.25, 0.3) is 0 Å². The zero-order valence-electron chi connectivity index (χ0n) is 8.47. The zero-order chi connectivity index (χ0) is 11.5. The van der Waals surface area contributed by atoms with Gasteiger partial charge in [0.15, 0.2) is 5.13 Å². The first-order valence-corrected chi connectivity index (χ1v) is 5.35. The van der Waals surface area contributed by atoms with E-state index in [1.807, 2.05) is 0 Å².